The van der Waals surface area contributed by atoms with Gasteiger partial charge < -0.3 is 5.11 Å². The molecule has 0 amide bonds. The first-order valence-electron chi connectivity index (χ1n) is 6.85. The summed E-state index contributed by atoms with van der Waals surface area (Å²) in [7, 11) is 0. The number of benzene rings is 1. The smallest absolute Gasteiger partial charge is 0.393 e. The van der Waals surface area contributed by atoms with Crippen LogP contribution in [0.15, 0.2) is 12.1 Å². The van der Waals surface area contributed by atoms with Crippen molar-refractivity contribution in [3.63, 3.8) is 0 Å². The first kappa shape index (κ1) is 15.2. The topological polar surface area (TPSA) is 23.5 Å². The molecule has 0 aliphatic carbocycles. The number of likely N-dealkylation sites (tertiary alicyclic amines) is 1. The number of phenols is 1. The summed E-state index contributed by atoms with van der Waals surface area (Å²) in [6.07, 6.45) is -3.28. The summed E-state index contributed by atoms with van der Waals surface area (Å²) in [5, 5.41) is 9.72. The number of hydrogen-bond donors (Lipinski definition) is 1. The Morgan fingerprint density at radius 3 is 2.40 bits per heavy atom. The lowest BCUT2D eigenvalue weighted by atomic mass is 9.96. The molecule has 0 aromatic heterocycles. The molecule has 0 saturated carbocycles. The Labute approximate surface area is 117 Å². The minimum atomic E-state index is -4.10. The van der Waals surface area contributed by atoms with Gasteiger partial charge in [-0.05, 0) is 49.9 Å². The Balaban J connectivity index is 2.07. The van der Waals surface area contributed by atoms with Crippen LogP contribution in [0.4, 0.5) is 13.2 Å². The van der Waals surface area contributed by atoms with E-state index in [1.165, 1.54) is 0 Å². The maximum Gasteiger partial charge on any atom is 0.393 e. The van der Waals surface area contributed by atoms with E-state index in [-0.39, 0.29) is 18.7 Å². The van der Waals surface area contributed by atoms with Crippen molar-refractivity contribution in [1.82, 2.24) is 4.90 Å². The van der Waals surface area contributed by atoms with Gasteiger partial charge in [-0.3, -0.25) is 4.90 Å². The van der Waals surface area contributed by atoms with Gasteiger partial charge in [0.25, 0.3) is 0 Å². The van der Waals surface area contributed by atoms with Gasteiger partial charge in [0, 0.05) is 13.1 Å². The van der Waals surface area contributed by atoms with Crippen LogP contribution in [0.3, 0.4) is 0 Å². The molecule has 112 valence electrons. The summed E-state index contributed by atoms with van der Waals surface area (Å²) in [4.78, 5) is 1.85. The van der Waals surface area contributed by atoms with E-state index in [0.717, 1.165) is 16.7 Å². The van der Waals surface area contributed by atoms with Crippen molar-refractivity contribution in [2.75, 3.05) is 13.1 Å². The predicted octanol–water partition coefficient (Wildman–Crippen LogP) is 3.78. The van der Waals surface area contributed by atoms with E-state index in [2.05, 4.69) is 0 Å². The highest BCUT2D eigenvalue weighted by molar-refractivity contribution is 5.42. The molecule has 2 nitrogen and oxygen atoms in total. The molecule has 0 bridgehead atoms. The van der Waals surface area contributed by atoms with Crippen LogP contribution in [-0.4, -0.2) is 29.3 Å². The van der Waals surface area contributed by atoms with E-state index in [0.29, 0.717) is 19.5 Å². The maximum atomic E-state index is 12.8. The molecule has 0 spiro atoms. The van der Waals surface area contributed by atoms with E-state index in [1.54, 1.807) is 13.8 Å². The van der Waals surface area contributed by atoms with Gasteiger partial charge in [0.2, 0.25) is 0 Å². The zero-order valence-electron chi connectivity index (χ0n) is 11.8. The van der Waals surface area contributed by atoms with E-state index in [4.69, 9.17) is 0 Å². The summed E-state index contributed by atoms with van der Waals surface area (Å²) in [5.74, 6) is -0.948. The largest absolute Gasteiger partial charge is 0.507 e. The third-order valence-corrected chi connectivity index (χ3v) is 3.93. The summed E-state index contributed by atoms with van der Waals surface area (Å²) < 4.78 is 38.3. The minimum Gasteiger partial charge on any atom is -0.507 e. The number of rotatable bonds is 2. The van der Waals surface area contributed by atoms with Crippen molar-refractivity contribution in [2.24, 2.45) is 5.92 Å². The van der Waals surface area contributed by atoms with Gasteiger partial charge >= 0.3 is 6.18 Å². The summed E-state index contributed by atoms with van der Waals surface area (Å²) in [6.45, 7) is 4.89. The van der Waals surface area contributed by atoms with Gasteiger partial charge in [-0.2, -0.15) is 13.2 Å². The predicted molar refractivity (Wildman–Crippen MR) is 71.6 cm³/mol. The van der Waals surface area contributed by atoms with Crippen LogP contribution in [0.1, 0.15) is 29.5 Å². The fourth-order valence-electron chi connectivity index (χ4n) is 2.86. The van der Waals surface area contributed by atoms with Crippen molar-refractivity contribution >= 4 is 0 Å². The first-order chi connectivity index (χ1) is 9.27. The Morgan fingerprint density at radius 2 is 1.85 bits per heavy atom. The Hall–Kier alpha value is -1.23. The molecule has 1 aliphatic heterocycles. The fourth-order valence-corrected chi connectivity index (χ4v) is 2.86. The molecular formula is C15H20F3NO. The molecule has 20 heavy (non-hydrogen) atoms. The van der Waals surface area contributed by atoms with E-state index in [9.17, 15) is 18.3 Å². The van der Waals surface area contributed by atoms with E-state index < -0.39 is 12.1 Å². The van der Waals surface area contributed by atoms with Crippen LogP contribution in [0.5, 0.6) is 5.75 Å². The molecule has 1 saturated heterocycles. The average Bonchev–Trinajstić information content (AvgIpc) is 2.35. The molecule has 2 rings (SSSR count). The molecule has 0 radical (unpaired) electrons. The van der Waals surface area contributed by atoms with Crippen LogP contribution in [0, 0.1) is 19.8 Å². The van der Waals surface area contributed by atoms with Gasteiger partial charge in [0.15, 0.2) is 0 Å². The molecule has 5 heteroatoms. The van der Waals surface area contributed by atoms with Gasteiger partial charge in [0.1, 0.15) is 5.75 Å². The second-order valence-corrected chi connectivity index (χ2v) is 5.69. The summed E-state index contributed by atoms with van der Waals surface area (Å²) in [5.41, 5.74) is 2.49. The Bertz CT molecular complexity index is 461. The van der Waals surface area contributed by atoms with Crippen molar-refractivity contribution in [1.29, 1.82) is 0 Å². The lowest BCUT2D eigenvalue weighted by Gasteiger charge is -2.33. The quantitative estimate of drug-likeness (QED) is 0.894. The van der Waals surface area contributed by atoms with Crippen LogP contribution in [0.2, 0.25) is 0 Å². The number of alkyl halides is 3. The van der Waals surface area contributed by atoms with Gasteiger partial charge in [-0.15, -0.1) is 0 Å². The molecular weight excluding hydrogens is 267 g/mol. The van der Waals surface area contributed by atoms with Crippen molar-refractivity contribution in [3.05, 3.63) is 28.8 Å². The standard InChI is InChI=1S/C15H20F3NO/c1-10-6-12(7-11(2)14(10)20)8-19-5-3-4-13(9-19)15(16,17)18/h6-7,13,20H,3-5,8-9H2,1-2H3. The van der Waals surface area contributed by atoms with E-state index >= 15 is 0 Å². The number of aromatic hydroxyl groups is 1. The molecule has 1 atom stereocenters. The molecule has 1 fully saturated rings. The molecule has 1 aromatic rings. The monoisotopic (exact) mass is 287 g/mol. The molecule has 1 N–H and O–H groups in total. The average molecular weight is 287 g/mol. The van der Waals surface area contributed by atoms with Gasteiger partial charge in [-0.1, -0.05) is 12.1 Å². The number of halogens is 3. The number of hydrogen-bond acceptors (Lipinski definition) is 2. The Kier molecular flexibility index (Phi) is 4.28. The van der Waals surface area contributed by atoms with Gasteiger partial charge in [-0.25, -0.2) is 0 Å². The highest BCUT2D eigenvalue weighted by Crippen LogP contribution is 2.34. The van der Waals surface area contributed by atoms with Crippen LogP contribution in [0.25, 0.3) is 0 Å². The molecule has 1 unspecified atom stereocenters. The second kappa shape index (κ2) is 5.64. The normalized spacial score (nSPS) is 21.1. The number of nitrogens with zero attached hydrogens (tertiary/aromatic N) is 1. The molecule has 1 aliphatic rings. The SMILES string of the molecule is Cc1cc(CN2CCCC(C(F)(F)F)C2)cc(C)c1O. The Morgan fingerprint density at radius 1 is 1.25 bits per heavy atom. The first-order valence-corrected chi connectivity index (χ1v) is 6.85. The number of piperidine rings is 1. The van der Waals surface area contributed by atoms with Crippen molar-refractivity contribution < 1.29 is 18.3 Å². The van der Waals surface area contributed by atoms with E-state index in [1.807, 2.05) is 17.0 Å². The lowest BCUT2D eigenvalue weighted by Crippen LogP contribution is -2.41. The minimum absolute atomic E-state index is 0.0719. The zero-order valence-corrected chi connectivity index (χ0v) is 11.8. The zero-order chi connectivity index (χ0) is 14.9. The summed E-state index contributed by atoms with van der Waals surface area (Å²) in [6, 6.07) is 3.69. The van der Waals surface area contributed by atoms with Crippen LogP contribution < -0.4 is 0 Å². The van der Waals surface area contributed by atoms with Crippen LogP contribution in [-0.2, 0) is 6.54 Å². The second-order valence-electron chi connectivity index (χ2n) is 5.69. The third-order valence-electron chi connectivity index (χ3n) is 3.93. The molecule has 1 aromatic carbocycles. The molecule has 1 heterocycles. The summed E-state index contributed by atoms with van der Waals surface area (Å²) >= 11 is 0. The highest BCUT2D eigenvalue weighted by Gasteiger charge is 2.41. The fraction of sp³-hybridized carbons (Fsp3) is 0.600. The number of aryl methyl sites for hydroxylation is 2. The number of phenolic OH excluding ortho intramolecular Hbond substituents is 1. The van der Waals surface area contributed by atoms with Crippen molar-refractivity contribution in [3.8, 4) is 5.75 Å². The third kappa shape index (κ3) is 3.45. The maximum absolute atomic E-state index is 12.8. The highest BCUT2D eigenvalue weighted by atomic mass is 19.4. The van der Waals surface area contributed by atoms with Crippen LogP contribution >= 0.6 is 0 Å². The van der Waals surface area contributed by atoms with Crippen molar-refractivity contribution in [2.45, 2.75) is 39.4 Å². The van der Waals surface area contributed by atoms with Gasteiger partial charge in [0.05, 0.1) is 5.92 Å². The lowest BCUT2D eigenvalue weighted by molar-refractivity contribution is -0.187.